The molecule has 21 heavy (non-hydrogen) atoms. The van der Waals surface area contributed by atoms with Crippen molar-refractivity contribution in [1.29, 1.82) is 0 Å². The van der Waals surface area contributed by atoms with E-state index in [0.717, 1.165) is 18.6 Å². The van der Waals surface area contributed by atoms with Crippen LogP contribution in [0.4, 0.5) is 8.78 Å². The van der Waals surface area contributed by atoms with E-state index in [1.54, 1.807) is 24.3 Å². The minimum atomic E-state index is -0.829. The van der Waals surface area contributed by atoms with Crippen LogP contribution in [0, 0.1) is 11.6 Å². The number of benzene rings is 2. The fraction of sp³-hybridized carbons (Fsp3) is 0.250. The fourth-order valence-corrected chi connectivity index (χ4v) is 2.18. The van der Waals surface area contributed by atoms with E-state index in [1.807, 2.05) is 6.92 Å². The number of rotatable bonds is 5. The minimum Gasteiger partial charge on any atom is -0.493 e. The van der Waals surface area contributed by atoms with Gasteiger partial charge in [0.1, 0.15) is 17.4 Å². The average molecular weight is 312 g/mol. The lowest BCUT2D eigenvalue weighted by Gasteiger charge is -2.18. The third-order valence-electron chi connectivity index (χ3n) is 3.09. The fourth-order valence-electron chi connectivity index (χ4n) is 2.02. The van der Waals surface area contributed by atoms with Gasteiger partial charge in [-0.05, 0) is 24.6 Å². The second-order valence-corrected chi connectivity index (χ2v) is 5.06. The van der Waals surface area contributed by atoms with Crippen LogP contribution in [0.2, 0.25) is 5.02 Å². The van der Waals surface area contributed by atoms with Crippen LogP contribution in [0.25, 0.3) is 0 Å². The number of ether oxygens (including phenoxy) is 1. The van der Waals surface area contributed by atoms with E-state index >= 15 is 0 Å². The van der Waals surface area contributed by atoms with Crippen LogP contribution in [0.1, 0.15) is 30.5 Å². The highest BCUT2D eigenvalue weighted by Crippen LogP contribution is 2.31. The van der Waals surface area contributed by atoms with Crippen molar-refractivity contribution in [2.24, 2.45) is 5.73 Å². The molecule has 0 aromatic heterocycles. The minimum absolute atomic E-state index is 0.0458. The molecular weight excluding hydrogens is 296 g/mol. The summed E-state index contributed by atoms with van der Waals surface area (Å²) in [7, 11) is 0. The SMILES string of the molecule is CCCOc1ccccc1C(N)c1cc(F)c(Cl)cc1F. The Balaban J connectivity index is 2.40. The maximum atomic E-state index is 14.0. The molecule has 2 rings (SSSR count). The van der Waals surface area contributed by atoms with Crippen molar-refractivity contribution in [3.8, 4) is 5.75 Å². The van der Waals surface area contributed by atoms with Gasteiger partial charge in [-0.2, -0.15) is 0 Å². The topological polar surface area (TPSA) is 35.2 Å². The predicted octanol–water partition coefficient (Wildman–Crippen LogP) is 4.46. The van der Waals surface area contributed by atoms with Crippen molar-refractivity contribution >= 4 is 11.6 Å². The predicted molar refractivity (Wildman–Crippen MR) is 79.6 cm³/mol. The van der Waals surface area contributed by atoms with Crippen molar-refractivity contribution < 1.29 is 13.5 Å². The van der Waals surface area contributed by atoms with Gasteiger partial charge in [0.05, 0.1) is 17.7 Å². The number of hydrogen-bond donors (Lipinski definition) is 1. The Hall–Kier alpha value is -1.65. The molecule has 2 N–H and O–H groups in total. The van der Waals surface area contributed by atoms with Crippen molar-refractivity contribution in [3.63, 3.8) is 0 Å². The molecule has 0 aliphatic rings. The van der Waals surface area contributed by atoms with Crippen LogP contribution in [0.3, 0.4) is 0 Å². The van der Waals surface area contributed by atoms with Crippen LogP contribution in [-0.2, 0) is 0 Å². The molecule has 1 unspecified atom stereocenters. The molecule has 5 heteroatoms. The Labute approximate surface area is 127 Å². The van der Waals surface area contributed by atoms with Gasteiger partial charge in [0.15, 0.2) is 0 Å². The molecule has 0 spiro atoms. The Morgan fingerprint density at radius 3 is 2.57 bits per heavy atom. The highest BCUT2D eigenvalue weighted by atomic mass is 35.5. The molecule has 0 amide bonds. The van der Waals surface area contributed by atoms with Crippen LogP contribution in [0.5, 0.6) is 5.75 Å². The van der Waals surface area contributed by atoms with Gasteiger partial charge in [-0.25, -0.2) is 8.78 Å². The summed E-state index contributed by atoms with van der Waals surface area (Å²) in [4.78, 5) is 0. The monoisotopic (exact) mass is 311 g/mol. The van der Waals surface area contributed by atoms with Crippen molar-refractivity contribution in [1.82, 2.24) is 0 Å². The molecule has 0 bridgehead atoms. The summed E-state index contributed by atoms with van der Waals surface area (Å²) in [6.07, 6.45) is 0.841. The third-order valence-corrected chi connectivity index (χ3v) is 3.38. The first-order valence-corrected chi connectivity index (χ1v) is 7.04. The summed E-state index contributed by atoms with van der Waals surface area (Å²) in [5, 5.41) is -0.265. The molecule has 0 aliphatic carbocycles. The zero-order chi connectivity index (χ0) is 15.4. The van der Waals surface area contributed by atoms with Gasteiger partial charge in [-0.1, -0.05) is 36.7 Å². The molecule has 2 aromatic carbocycles. The summed E-state index contributed by atoms with van der Waals surface area (Å²) < 4.78 is 33.1. The maximum absolute atomic E-state index is 14.0. The molecule has 0 saturated carbocycles. The van der Waals surface area contributed by atoms with E-state index in [2.05, 4.69) is 0 Å². The summed E-state index contributed by atoms with van der Waals surface area (Å²) in [5.74, 6) is -0.767. The van der Waals surface area contributed by atoms with Gasteiger partial charge < -0.3 is 10.5 Å². The van der Waals surface area contributed by atoms with Gasteiger partial charge in [-0.3, -0.25) is 0 Å². The maximum Gasteiger partial charge on any atom is 0.142 e. The standard InChI is InChI=1S/C16H16ClF2NO/c1-2-7-21-15-6-4-3-5-10(15)16(20)11-8-14(19)12(17)9-13(11)18/h3-6,8-9,16H,2,7,20H2,1H3. The van der Waals surface area contributed by atoms with Gasteiger partial charge in [0.25, 0.3) is 0 Å². The number of hydrogen-bond acceptors (Lipinski definition) is 2. The molecule has 0 fully saturated rings. The van der Waals surface area contributed by atoms with Crippen molar-refractivity contribution in [3.05, 3.63) is 64.2 Å². The molecule has 2 aromatic rings. The largest absolute Gasteiger partial charge is 0.493 e. The van der Waals surface area contributed by atoms with E-state index in [1.165, 1.54) is 0 Å². The molecule has 0 heterocycles. The Morgan fingerprint density at radius 2 is 1.86 bits per heavy atom. The molecular formula is C16H16ClF2NO. The second-order valence-electron chi connectivity index (χ2n) is 4.65. The van der Waals surface area contributed by atoms with E-state index in [9.17, 15) is 8.78 Å². The first-order valence-electron chi connectivity index (χ1n) is 6.66. The van der Waals surface area contributed by atoms with Crippen LogP contribution in [0.15, 0.2) is 36.4 Å². The summed E-state index contributed by atoms with van der Waals surface area (Å²) >= 11 is 5.56. The van der Waals surface area contributed by atoms with E-state index in [4.69, 9.17) is 22.1 Å². The second kappa shape index (κ2) is 6.87. The highest BCUT2D eigenvalue weighted by molar-refractivity contribution is 6.30. The van der Waals surface area contributed by atoms with Crippen molar-refractivity contribution in [2.75, 3.05) is 6.61 Å². The Morgan fingerprint density at radius 1 is 1.14 bits per heavy atom. The van der Waals surface area contributed by atoms with Gasteiger partial charge in [-0.15, -0.1) is 0 Å². The first kappa shape index (κ1) is 15.7. The molecule has 2 nitrogen and oxygen atoms in total. The smallest absolute Gasteiger partial charge is 0.142 e. The summed E-state index contributed by atoms with van der Waals surface area (Å²) in [5.41, 5.74) is 6.73. The number of para-hydroxylation sites is 1. The molecule has 0 saturated heterocycles. The van der Waals surface area contributed by atoms with Crippen LogP contribution in [-0.4, -0.2) is 6.61 Å². The summed E-state index contributed by atoms with van der Waals surface area (Å²) in [6, 6.07) is 8.21. The van der Waals surface area contributed by atoms with E-state index in [-0.39, 0.29) is 10.6 Å². The zero-order valence-corrected chi connectivity index (χ0v) is 12.3. The third kappa shape index (κ3) is 3.52. The molecule has 0 aliphatic heterocycles. The van der Waals surface area contributed by atoms with Crippen LogP contribution >= 0.6 is 11.6 Å². The quantitative estimate of drug-likeness (QED) is 0.828. The van der Waals surface area contributed by atoms with E-state index < -0.39 is 17.7 Å². The Bertz CT molecular complexity index is 634. The lowest BCUT2D eigenvalue weighted by Crippen LogP contribution is -2.15. The number of nitrogens with two attached hydrogens (primary N) is 1. The van der Waals surface area contributed by atoms with Crippen LogP contribution < -0.4 is 10.5 Å². The molecule has 1 atom stereocenters. The first-order chi connectivity index (χ1) is 10.0. The Kier molecular flexibility index (Phi) is 5.15. The molecule has 0 radical (unpaired) electrons. The lowest BCUT2D eigenvalue weighted by molar-refractivity contribution is 0.313. The summed E-state index contributed by atoms with van der Waals surface area (Å²) in [6.45, 7) is 2.51. The number of halogens is 3. The van der Waals surface area contributed by atoms with E-state index in [0.29, 0.717) is 17.9 Å². The average Bonchev–Trinajstić information content (AvgIpc) is 2.48. The van der Waals surface area contributed by atoms with Gasteiger partial charge in [0, 0.05) is 11.1 Å². The van der Waals surface area contributed by atoms with Gasteiger partial charge >= 0.3 is 0 Å². The highest BCUT2D eigenvalue weighted by Gasteiger charge is 2.19. The van der Waals surface area contributed by atoms with Gasteiger partial charge in [0.2, 0.25) is 0 Å². The normalized spacial score (nSPS) is 12.2. The lowest BCUT2D eigenvalue weighted by atomic mass is 9.98. The molecule has 112 valence electrons. The zero-order valence-electron chi connectivity index (χ0n) is 11.6. The van der Waals surface area contributed by atoms with Crippen molar-refractivity contribution in [2.45, 2.75) is 19.4 Å².